The first kappa shape index (κ1) is 18.3. The van der Waals surface area contributed by atoms with Gasteiger partial charge in [0, 0.05) is 25.8 Å². The van der Waals surface area contributed by atoms with E-state index in [2.05, 4.69) is 25.3 Å². The van der Waals surface area contributed by atoms with Gasteiger partial charge in [-0.25, -0.2) is 9.37 Å². The molecule has 3 aromatic heterocycles. The molecule has 0 aromatic carbocycles. The standard InChI is InChI=1S/C19H22FN7O/c1-10-4-5-13(21)24-15(10)17-14(20)16-12(9-23-17)18(26-19(25-16)28-3)27(2)11-6-7-22-8-11/h4-5,9,11,22H,6-8H2,1-3H3,(H2,21,24). The van der Waals surface area contributed by atoms with Crippen molar-refractivity contribution in [2.24, 2.45) is 0 Å². The average molecular weight is 383 g/mol. The number of nitrogens with zero attached hydrogens (tertiary/aromatic N) is 5. The highest BCUT2D eigenvalue weighted by Crippen LogP contribution is 2.33. The van der Waals surface area contributed by atoms with Gasteiger partial charge < -0.3 is 20.7 Å². The molecule has 4 heterocycles. The number of aromatic nitrogens is 4. The van der Waals surface area contributed by atoms with E-state index in [0.717, 1.165) is 25.1 Å². The Balaban J connectivity index is 1.91. The molecule has 1 fully saturated rings. The van der Waals surface area contributed by atoms with E-state index in [4.69, 9.17) is 10.5 Å². The number of hydrogen-bond acceptors (Lipinski definition) is 8. The average Bonchev–Trinajstić information content (AvgIpc) is 3.24. The molecule has 1 unspecified atom stereocenters. The van der Waals surface area contributed by atoms with Crippen LogP contribution in [0, 0.1) is 12.7 Å². The molecule has 0 saturated carbocycles. The third-order valence-corrected chi connectivity index (χ3v) is 5.09. The molecule has 0 bridgehead atoms. The molecule has 4 rings (SSSR count). The van der Waals surface area contributed by atoms with Crippen LogP contribution in [0.4, 0.5) is 16.0 Å². The summed E-state index contributed by atoms with van der Waals surface area (Å²) in [5, 5.41) is 3.85. The number of ether oxygens (including phenoxy) is 1. The van der Waals surface area contributed by atoms with Crippen LogP contribution >= 0.6 is 0 Å². The molecular formula is C19H22FN7O. The van der Waals surface area contributed by atoms with Crippen LogP contribution < -0.4 is 20.7 Å². The summed E-state index contributed by atoms with van der Waals surface area (Å²) in [6, 6.07) is 3.82. The van der Waals surface area contributed by atoms with E-state index in [-0.39, 0.29) is 23.3 Å². The van der Waals surface area contributed by atoms with Gasteiger partial charge in [-0.3, -0.25) is 4.98 Å². The largest absolute Gasteiger partial charge is 0.467 e. The number of nitrogens with one attached hydrogen (secondary N) is 1. The van der Waals surface area contributed by atoms with Gasteiger partial charge in [-0.2, -0.15) is 9.97 Å². The van der Waals surface area contributed by atoms with Gasteiger partial charge in [0.1, 0.15) is 22.8 Å². The van der Waals surface area contributed by atoms with Gasteiger partial charge in [-0.05, 0) is 31.5 Å². The molecule has 0 spiro atoms. The van der Waals surface area contributed by atoms with Crippen molar-refractivity contribution in [2.45, 2.75) is 19.4 Å². The van der Waals surface area contributed by atoms with Gasteiger partial charge in [0.05, 0.1) is 18.2 Å². The summed E-state index contributed by atoms with van der Waals surface area (Å²) in [5.74, 6) is 0.320. The SMILES string of the molecule is COc1nc(N(C)C2CCNC2)c2cnc(-c3nc(N)ccc3C)c(F)c2n1. The first-order valence-electron chi connectivity index (χ1n) is 9.07. The van der Waals surface area contributed by atoms with Crippen LogP contribution in [-0.4, -0.2) is 53.2 Å². The minimum Gasteiger partial charge on any atom is -0.467 e. The number of nitrogens with two attached hydrogens (primary N) is 1. The van der Waals surface area contributed by atoms with Crippen molar-refractivity contribution in [1.29, 1.82) is 0 Å². The summed E-state index contributed by atoms with van der Waals surface area (Å²) in [6.45, 7) is 3.61. The Morgan fingerprint density at radius 2 is 2.07 bits per heavy atom. The van der Waals surface area contributed by atoms with Crippen LogP contribution in [0.5, 0.6) is 6.01 Å². The Morgan fingerprint density at radius 3 is 2.79 bits per heavy atom. The second-order valence-electron chi connectivity index (χ2n) is 6.88. The topological polar surface area (TPSA) is 102 Å². The highest BCUT2D eigenvalue weighted by molar-refractivity contribution is 5.92. The molecule has 1 saturated heterocycles. The van der Waals surface area contributed by atoms with E-state index in [9.17, 15) is 0 Å². The molecule has 146 valence electrons. The van der Waals surface area contributed by atoms with E-state index in [1.54, 1.807) is 18.3 Å². The van der Waals surface area contributed by atoms with E-state index < -0.39 is 5.82 Å². The molecule has 3 N–H and O–H groups in total. The molecule has 8 nitrogen and oxygen atoms in total. The molecule has 0 aliphatic carbocycles. The van der Waals surface area contributed by atoms with Crippen molar-refractivity contribution < 1.29 is 9.13 Å². The third-order valence-electron chi connectivity index (χ3n) is 5.09. The van der Waals surface area contributed by atoms with Gasteiger partial charge in [-0.1, -0.05) is 6.07 Å². The van der Waals surface area contributed by atoms with Crippen molar-refractivity contribution in [3.63, 3.8) is 0 Å². The minimum atomic E-state index is -0.571. The quantitative estimate of drug-likeness (QED) is 0.705. The molecule has 0 radical (unpaired) electrons. The Labute approximate surface area is 162 Å². The number of nitrogen functional groups attached to an aromatic ring is 1. The maximum atomic E-state index is 15.5. The van der Waals surface area contributed by atoms with Crippen LogP contribution in [0.3, 0.4) is 0 Å². The summed E-state index contributed by atoms with van der Waals surface area (Å²) in [5.41, 5.74) is 7.21. The lowest BCUT2D eigenvalue weighted by Crippen LogP contribution is -2.34. The van der Waals surface area contributed by atoms with Crippen LogP contribution in [0.2, 0.25) is 0 Å². The van der Waals surface area contributed by atoms with Crippen molar-refractivity contribution >= 4 is 22.5 Å². The number of rotatable bonds is 4. The van der Waals surface area contributed by atoms with Crippen molar-refractivity contribution in [3.05, 3.63) is 29.7 Å². The first-order valence-corrected chi connectivity index (χ1v) is 9.07. The number of halogens is 1. The van der Waals surface area contributed by atoms with Gasteiger partial charge in [0.2, 0.25) is 0 Å². The zero-order chi connectivity index (χ0) is 19.8. The van der Waals surface area contributed by atoms with Crippen molar-refractivity contribution in [2.75, 3.05) is 37.9 Å². The first-order chi connectivity index (χ1) is 13.5. The number of fused-ring (bicyclic) bond motifs is 1. The van der Waals surface area contributed by atoms with Crippen LogP contribution in [0.25, 0.3) is 22.3 Å². The Hall–Kier alpha value is -3.07. The number of methoxy groups -OCH3 is 1. The monoisotopic (exact) mass is 383 g/mol. The summed E-state index contributed by atoms with van der Waals surface area (Å²) in [7, 11) is 3.40. The predicted molar refractivity (Wildman–Crippen MR) is 106 cm³/mol. The second-order valence-corrected chi connectivity index (χ2v) is 6.88. The Bertz CT molecular complexity index is 1040. The molecule has 0 amide bonds. The lowest BCUT2D eigenvalue weighted by molar-refractivity contribution is 0.381. The molecule has 28 heavy (non-hydrogen) atoms. The molecule has 1 aliphatic heterocycles. The van der Waals surface area contributed by atoms with Crippen molar-refractivity contribution in [3.8, 4) is 17.4 Å². The lowest BCUT2D eigenvalue weighted by atomic mass is 10.1. The fourth-order valence-corrected chi connectivity index (χ4v) is 3.47. The summed E-state index contributed by atoms with van der Waals surface area (Å²) >= 11 is 0. The fraction of sp³-hybridized carbons (Fsp3) is 0.368. The molecule has 9 heteroatoms. The van der Waals surface area contributed by atoms with Crippen LogP contribution in [0.15, 0.2) is 18.3 Å². The van der Waals surface area contributed by atoms with Crippen LogP contribution in [-0.2, 0) is 0 Å². The highest BCUT2D eigenvalue weighted by atomic mass is 19.1. The number of likely N-dealkylation sites (N-methyl/N-ethyl adjacent to an activating group) is 1. The zero-order valence-corrected chi connectivity index (χ0v) is 16.0. The smallest absolute Gasteiger partial charge is 0.318 e. The number of hydrogen-bond donors (Lipinski definition) is 2. The van der Waals surface area contributed by atoms with E-state index in [1.807, 2.05) is 18.9 Å². The summed E-state index contributed by atoms with van der Waals surface area (Å²) in [6.07, 6.45) is 2.57. The number of anilines is 2. The van der Waals surface area contributed by atoms with Crippen LogP contribution in [0.1, 0.15) is 12.0 Å². The number of pyridine rings is 2. The Morgan fingerprint density at radius 1 is 1.25 bits per heavy atom. The normalized spacial score (nSPS) is 16.5. The second kappa shape index (κ2) is 7.16. The molecular weight excluding hydrogens is 361 g/mol. The highest BCUT2D eigenvalue weighted by Gasteiger charge is 2.25. The third kappa shape index (κ3) is 3.07. The van der Waals surface area contributed by atoms with E-state index in [1.165, 1.54) is 7.11 Å². The minimum absolute atomic E-state index is 0.105. The summed E-state index contributed by atoms with van der Waals surface area (Å²) < 4.78 is 20.7. The Kier molecular flexibility index (Phi) is 4.68. The van der Waals surface area contributed by atoms with E-state index in [0.29, 0.717) is 22.7 Å². The lowest BCUT2D eigenvalue weighted by Gasteiger charge is -2.26. The molecule has 1 aliphatic rings. The molecule has 3 aromatic rings. The van der Waals surface area contributed by atoms with Gasteiger partial charge in [0.15, 0.2) is 5.82 Å². The maximum absolute atomic E-state index is 15.5. The maximum Gasteiger partial charge on any atom is 0.318 e. The molecule has 1 atom stereocenters. The zero-order valence-electron chi connectivity index (χ0n) is 16.0. The van der Waals surface area contributed by atoms with Gasteiger partial charge in [-0.15, -0.1) is 0 Å². The fourth-order valence-electron chi connectivity index (χ4n) is 3.47. The van der Waals surface area contributed by atoms with Gasteiger partial charge >= 0.3 is 6.01 Å². The predicted octanol–water partition coefficient (Wildman–Crippen LogP) is 1.92. The number of aryl methyl sites for hydroxylation is 1. The summed E-state index contributed by atoms with van der Waals surface area (Å²) in [4.78, 5) is 19.3. The van der Waals surface area contributed by atoms with Gasteiger partial charge in [0.25, 0.3) is 0 Å². The van der Waals surface area contributed by atoms with Crippen molar-refractivity contribution in [1.82, 2.24) is 25.3 Å². The van der Waals surface area contributed by atoms with E-state index >= 15 is 4.39 Å².